The van der Waals surface area contributed by atoms with Gasteiger partial charge in [-0.25, -0.2) is 13.1 Å². The number of aryl methyl sites for hydroxylation is 1. The third-order valence-corrected chi connectivity index (χ3v) is 7.37. The van der Waals surface area contributed by atoms with Crippen LogP contribution in [0.25, 0.3) is 11.0 Å². The van der Waals surface area contributed by atoms with Gasteiger partial charge in [-0.2, -0.15) is 4.31 Å². The van der Waals surface area contributed by atoms with Gasteiger partial charge in [-0.05, 0) is 18.2 Å². The van der Waals surface area contributed by atoms with E-state index < -0.39 is 10.0 Å². The van der Waals surface area contributed by atoms with Crippen LogP contribution in [0.3, 0.4) is 0 Å². The molecule has 0 aliphatic heterocycles. The van der Waals surface area contributed by atoms with Crippen molar-refractivity contribution in [3.63, 3.8) is 0 Å². The van der Waals surface area contributed by atoms with E-state index in [9.17, 15) is 13.2 Å². The van der Waals surface area contributed by atoms with Crippen LogP contribution in [0.5, 0.6) is 17.2 Å². The lowest BCUT2D eigenvalue weighted by Gasteiger charge is -2.18. The minimum Gasteiger partial charge on any atom is -0.493 e. The number of rotatable bonds is 11. The Morgan fingerprint density at radius 3 is 2.24 bits per heavy atom. The van der Waals surface area contributed by atoms with Crippen LogP contribution in [-0.4, -0.2) is 68.0 Å². The number of fused-ring (bicyclic) bond motifs is 1. The summed E-state index contributed by atoms with van der Waals surface area (Å²) in [7, 11) is 0.900. The summed E-state index contributed by atoms with van der Waals surface area (Å²) in [5.41, 5.74) is 1.58. The molecule has 3 aromatic rings. The van der Waals surface area contributed by atoms with E-state index >= 15 is 0 Å². The number of aromatic nitrogens is 3. The molecule has 0 spiro atoms. The normalized spacial score (nSPS) is 11.6. The van der Waals surface area contributed by atoms with Crippen LogP contribution in [0.4, 0.5) is 5.69 Å². The summed E-state index contributed by atoms with van der Waals surface area (Å²) in [5.74, 6) is 1.03. The molecule has 1 N–H and O–H groups in total. The molecule has 1 aromatic heterocycles. The van der Waals surface area contributed by atoms with Crippen molar-refractivity contribution in [2.75, 3.05) is 39.7 Å². The standard InChI is InChI=1S/C22H29N5O6S/c1-6-26(7-2)34(29,30)16-8-9-18-17(14-16)24-25-27(18)11-10-21(28)23-15-12-19(31-3)22(33-5)20(13-15)32-4/h8-9,12-14H,6-7,10-11H2,1-5H3,(H,23,28). The molecule has 2 aromatic carbocycles. The van der Waals surface area contributed by atoms with Crippen LogP contribution in [0.15, 0.2) is 35.2 Å². The number of anilines is 1. The highest BCUT2D eigenvalue weighted by Crippen LogP contribution is 2.39. The van der Waals surface area contributed by atoms with E-state index in [0.717, 1.165) is 0 Å². The predicted molar refractivity (Wildman–Crippen MR) is 127 cm³/mol. The summed E-state index contributed by atoms with van der Waals surface area (Å²) in [6, 6.07) is 7.97. The van der Waals surface area contributed by atoms with Crippen molar-refractivity contribution in [3.8, 4) is 17.2 Å². The second-order valence-electron chi connectivity index (χ2n) is 7.26. The van der Waals surface area contributed by atoms with Crippen molar-refractivity contribution in [2.45, 2.75) is 31.7 Å². The number of carbonyl (C=O) groups is 1. The number of hydrogen-bond acceptors (Lipinski definition) is 8. The highest BCUT2D eigenvalue weighted by Gasteiger charge is 2.22. The number of nitrogens with one attached hydrogen (secondary N) is 1. The summed E-state index contributed by atoms with van der Waals surface area (Å²) in [6.45, 7) is 4.60. The molecule has 1 amide bonds. The zero-order chi connectivity index (χ0) is 24.9. The fourth-order valence-corrected chi connectivity index (χ4v) is 5.05. The van der Waals surface area contributed by atoms with Crippen LogP contribution in [0.2, 0.25) is 0 Å². The van der Waals surface area contributed by atoms with Crippen molar-refractivity contribution in [3.05, 3.63) is 30.3 Å². The van der Waals surface area contributed by atoms with E-state index in [0.29, 0.717) is 47.1 Å². The maximum absolute atomic E-state index is 12.8. The second kappa shape index (κ2) is 10.7. The molecule has 12 heteroatoms. The molecule has 1 heterocycles. The van der Waals surface area contributed by atoms with Gasteiger partial charge in [0, 0.05) is 37.3 Å². The van der Waals surface area contributed by atoms with Gasteiger partial charge in [0.25, 0.3) is 0 Å². The number of nitrogens with zero attached hydrogens (tertiary/aromatic N) is 4. The second-order valence-corrected chi connectivity index (χ2v) is 9.20. The Morgan fingerprint density at radius 1 is 1.03 bits per heavy atom. The van der Waals surface area contributed by atoms with Gasteiger partial charge >= 0.3 is 0 Å². The van der Waals surface area contributed by atoms with E-state index in [-0.39, 0.29) is 23.8 Å². The van der Waals surface area contributed by atoms with E-state index in [4.69, 9.17) is 14.2 Å². The predicted octanol–water partition coefficient (Wildman–Crippen LogP) is 2.52. The number of methoxy groups -OCH3 is 3. The van der Waals surface area contributed by atoms with Gasteiger partial charge in [-0.15, -0.1) is 5.10 Å². The molecule has 11 nitrogen and oxygen atoms in total. The lowest BCUT2D eigenvalue weighted by molar-refractivity contribution is -0.116. The number of ether oxygens (including phenoxy) is 3. The van der Waals surface area contributed by atoms with Gasteiger partial charge in [0.2, 0.25) is 21.7 Å². The molecule has 0 aliphatic carbocycles. The van der Waals surface area contributed by atoms with Crippen LogP contribution >= 0.6 is 0 Å². The first-order chi connectivity index (χ1) is 16.3. The molecule has 0 fully saturated rings. The summed E-state index contributed by atoms with van der Waals surface area (Å²) in [5, 5.41) is 11.0. The highest BCUT2D eigenvalue weighted by atomic mass is 32.2. The van der Waals surface area contributed by atoms with Crippen molar-refractivity contribution in [1.82, 2.24) is 19.3 Å². The number of benzene rings is 2. The number of sulfonamides is 1. The van der Waals surface area contributed by atoms with Gasteiger partial charge in [-0.3, -0.25) is 4.79 Å². The first-order valence-corrected chi connectivity index (χ1v) is 12.2. The SMILES string of the molecule is CCN(CC)S(=O)(=O)c1ccc2c(c1)nnn2CCC(=O)Nc1cc(OC)c(OC)c(OC)c1. The largest absolute Gasteiger partial charge is 0.493 e. The molecule has 0 aliphatic rings. The molecule has 0 atom stereocenters. The molecular formula is C22H29N5O6S. The fourth-order valence-electron chi connectivity index (χ4n) is 3.57. The smallest absolute Gasteiger partial charge is 0.243 e. The number of hydrogen-bond donors (Lipinski definition) is 1. The van der Waals surface area contributed by atoms with Crippen LogP contribution in [-0.2, 0) is 21.4 Å². The van der Waals surface area contributed by atoms with Crippen LogP contribution < -0.4 is 19.5 Å². The first-order valence-electron chi connectivity index (χ1n) is 10.7. The molecule has 34 heavy (non-hydrogen) atoms. The first kappa shape index (κ1) is 25.2. The molecule has 0 saturated carbocycles. The van der Waals surface area contributed by atoms with Crippen molar-refractivity contribution < 1.29 is 27.4 Å². The third kappa shape index (κ3) is 5.07. The molecule has 3 rings (SSSR count). The Kier molecular flexibility index (Phi) is 7.94. The van der Waals surface area contributed by atoms with Crippen LogP contribution in [0, 0.1) is 0 Å². The summed E-state index contributed by atoms with van der Waals surface area (Å²) in [6.07, 6.45) is 0.120. The number of carbonyl (C=O) groups excluding carboxylic acids is 1. The fraction of sp³-hybridized carbons (Fsp3) is 0.409. The summed E-state index contributed by atoms with van der Waals surface area (Å²) >= 11 is 0. The summed E-state index contributed by atoms with van der Waals surface area (Å²) < 4.78 is 44.4. The minimum atomic E-state index is -3.60. The zero-order valence-corrected chi connectivity index (χ0v) is 20.7. The van der Waals surface area contributed by atoms with Gasteiger partial charge in [0.15, 0.2) is 11.5 Å². The van der Waals surface area contributed by atoms with E-state index in [1.807, 2.05) is 0 Å². The number of amides is 1. The van der Waals surface area contributed by atoms with Gasteiger partial charge in [-0.1, -0.05) is 19.1 Å². The van der Waals surface area contributed by atoms with Crippen molar-refractivity contribution in [2.24, 2.45) is 0 Å². The van der Waals surface area contributed by atoms with Gasteiger partial charge < -0.3 is 19.5 Å². The maximum Gasteiger partial charge on any atom is 0.243 e. The van der Waals surface area contributed by atoms with Crippen molar-refractivity contribution in [1.29, 1.82) is 0 Å². The van der Waals surface area contributed by atoms with E-state index in [1.54, 1.807) is 36.7 Å². The maximum atomic E-state index is 12.8. The van der Waals surface area contributed by atoms with Crippen LogP contribution in [0.1, 0.15) is 20.3 Å². The Balaban J connectivity index is 1.73. The van der Waals surface area contributed by atoms with Crippen molar-refractivity contribution >= 4 is 32.7 Å². The molecular weight excluding hydrogens is 462 g/mol. The van der Waals surface area contributed by atoms with E-state index in [2.05, 4.69) is 15.6 Å². The quantitative estimate of drug-likeness (QED) is 0.434. The average Bonchev–Trinajstić information content (AvgIpc) is 3.25. The Morgan fingerprint density at radius 2 is 1.68 bits per heavy atom. The zero-order valence-electron chi connectivity index (χ0n) is 19.9. The van der Waals surface area contributed by atoms with Gasteiger partial charge in [0.05, 0.1) is 38.3 Å². The molecule has 0 bridgehead atoms. The average molecular weight is 492 g/mol. The lowest BCUT2D eigenvalue weighted by Crippen LogP contribution is -2.30. The summed E-state index contributed by atoms with van der Waals surface area (Å²) in [4.78, 5) is 12.7. The monoisotopic (exact) mass is 491 g/mol. The Hall–Kier alpha value is -3.38. The molecule has 0 unspecified atom stereocenters. The minimum absolute atomic E-state index is 0.120. The molecule has 0 saturated heterocycles. The topological polar surface area (TPSA) is 125 Å². The lowest BCUT2D eigenvalue weighted by atomic mass is 10.2. The Labute approximate surface area is 198 Å². The molecule has 184 valence electrons. The van der Waals surface area contributed by atoms with Gasteiger partial charge in [0.1, 0.15) is 5.52 Å². The Bertz CT molecular complexity index is 1250. The molecule has 0 radical (unpaired) electrons. The highest BCUT2D eigenvalue weighted by molar-refractivity contribution is 7.89. The van der Waals surface area contributed by atoms with E-state index in [1.165, 1.54) is 37.8 Å². The third-order valence-electron chi connectivity index (χ3n) is 5.33.